The average molecular weight is 244 g/mol. The van der Waals surface area contributed by atoms with E-state index in [2.05, 4.69) is 37.7 Å². The van der Waals surface area contributed by atoms with Crippen molar-refractivity contribution in [2.24, 2.45) is 5.92 Å². The van der Waals surface area contributed by atoms with Gasteiger partial charge in [0.1, 0.15) is 5.02 Å². The zero-order valence-electron chi connectivity index (χ0n) is 10.1. The Kier molecular flexibility index (Phi) is 4.35. The summed E-state index contributed by atoms with van der Waals surface area (Å²) in [4.78, 5) is 20.1. The summed E-state index contributed by atoms with van der Waals surface area (Å²) in [5, 5.41) is 0.164. The van der Waals surface area contributed by atoms with Crippen LogP contribution >= 0.6 is 11.6 Å². The molecule has 0 amide bonds. The summed E-state index contributed by atoms with van der Waals surface area (Å²) < 4.78 is 0. The van der Waals surface area contributed by atoms with E-state index in [0.717, 1.165) is 6.54 Å². The molecule has 0 fully saturated rings. The zero-order valence-corrected chi connectivity index (χ0v) is 10.9. The van der Waals surface area contributed by atoms with Crippen LogP contribution in [0.25, 0.3) is 0 Å². The summed E-state index contributed by atoms with van der Waals surface area (Å²) in [7, 11) is 0. The summed E-state index contributed by atoms with van der Waals surface area (Å²) in [5.41, 5.74) is -0.291. The van der Waals surface area contributed by atoms with Crippen molar-refractivity contribution in [2.45, 2.75) is 33.7 Å². The highest BCUT2D eigenvalue weighted by atomic mass is 35.5. The minimum Gasteiger partial charge on any atom is -0.352 e. The van der Waals surface area contributed by atoms with Crippen LogP contribution in [0.5, 0.6) is 0 Å². The number of H-pyrrole nitrogens is 1. The highest BCUT2D eigenvalue weighted by Crippen LogP contribution is 2.21. The molecule has 0 aromatic carbocycles. The molecule has 1 N–H and O–H groups in total. The maximum atomic E-state index is 11.4. The fourth-order valence-corrected chi connectivity index (χ4v) is 1.72. The monoisotopic (exact) mass is 243 g/mol. The van der Waals surface area contributed by atoms with E-state index in [4.69, 9.17) is 11.6 Å². The molecule has 0 radical (unpaired) electrons. The lowest BCUT2D eigenvalue weighted by Gasteiger charge is -2.29. The van der Waals surface area contributed by atoms with Gasteiger partial charge in [-0.25, -0.2) is 4.98 Å². The van der Waals surface area contributed by atoms with Crippen LogP contribution in [-0.2, 0) is 0 Å². The van der Waals surface area contributed by atoms with Gasteiger partial charge in [0, 0.05) is 12.6 Å². The van der Waals surface area contributed by atoms with Crippen LogP contribution in [0.3, 0.4) is 0 Å². The predicted molar refractivity (Wildman–Crippen MR) is 67.2 cm³/mol. The maximum absolute atomic E-state index is 11.4. The highest BCUT2D eigenvalue weighted by molar-refractivity contribution is 6.32. The SMILES string of the molecule is CC(C)CN(c1nc[nH]c(=O)c1Cl)C(C)C. The molecule has 1 aromatic heterocycles. The molecule has 4 nitrogen and oxygen atoms in total. The summed E-state index contributed by atoms with van der Waals surface area (Å²) in [5.74, 6) is 1.05. The number of nitrogens with zero attached hydrogens (tertiary/aromatic N) is 2. The Morgan fingerprint density at radius 3 is 2.56 bits per heavy atom. The molecular formula is C11H18ClN3O. The molecule has 5 heteroatoms. The number of rotatable bonds is 4. The molecule has 1 heterocycles. The third-order valence-corrected chi connectivity index (χ3v) is 2.58. The van der Waals surface area contributed by atoms with Crippen LogP contribution < -0.4 is 10.5 Å². The molecular weight excluding hydrogens is 226 g/mol. The van der Waals surface area contributed by atoms with E-state index >= 15 is 0 Å². The second-order valence-corrected chi connectivity index (χ2v) is 4.89. The Morgan fingerprint density at radius 1 is 1.44 bits per heavy atom. The molecule has 0 unspecified atom stereocenters. The second-order valence-electron chi connectivity index (χ2n) is 4.51. The number of nitrogens with one attached hydrogen (secondary N) is 1. The van der Waals surface area contributed by atoms with Crippen molar-refractivity contribution in [1.82, 2.24) is 9.97 Å². The quantitative estimate of drug-likeness (QED) is 0.883. The van der Waals surface area contributed by atoms with Gasteiger partial charge < -0.3 is 9.88 Å². The number of hydrogen-bond acceptors (Lipinski definition) is 3. The molecule has 0 saturated heterocycles. The molecule has 0 aliphatic rings. The van der Waals surface area contributed by atoms with Crippen LogP contribution in [-0.4, -0.2) is 22.6 Å². The molecule has 90 valence electrons. The smallest absolute Gasteiger partial charge is 0.271 e. The normalized spacial score (nSPS) is 11.2. The van der Waals surface area contributed by atoms with Gasteiger partial charge in [0.25, 0.3) is 5.56 Å². The van der Waals surface area contributed by atoms with Crippen LogP contribution in [0.2, 0.25) is 5.02 Å². The Labute approximate surface area is 101 Å². The highest BCUT2D eigenvalue weighted by Gasteiger charge is 2.17. The number of anilines is 1. The van der Waals surface area contributed by atoms with Gasteiger partial charge in [0.2, 0.25) is 0 Å². The summed E-state index contributed by atoms with van der Waals surface area (Å²) >= 11 is 5.97. The van der Waals surface area contributed by atoms with Gasteiger partial charge in [-0.1, -0.05) is 25.4 Å². The van der Waals surface area contributed by atoms with Crippen molar-refractivity contribution in [1.29, 1.82) is 0 Å². The van der Waals surface area contributed by atoms with E-state index in [1.807, 2.05) is 4.90 Å². The second kappa shape index (κ2) is 5.34. The molecule has 0 saturated carbocycles. The lowest BCUT2D eigenvalue weighted by Crippen LogP contribution is -2.36. The van der Waals surface area contributed by atoms with Crippen LogP contribution in [0.15, 0.2) is 11.1 Å². The van der Waals surface area contributed by atoms with Gasteiger partial charge in [-0.05, 0) is 19.8 Å². The molecule has 1 rings (SSSR count). The number of aromatic amines is 1. The predicted octanol–water partition coefficient (Wildman–Crippen LogP) is 2.29. The first-order valence-corrected chi connectivity index (χ1v) is 5.81. The van der Waals surface area contributed by atoms with E-state index < -0.39 is 0 Å². The topological polar surface area (TPSA) is 49.0 Å². The third-order valence-electron chi connectivity index (χ3n) is 2.24. The fraction of sp³-hybridized carbons (Fsp3) is 0.636. The van der Waals surface area contributed by atoms with Crippen LogP contribution in [0, 0.1) is 5.92 Å². The fourth-order valence-electron chi connectivity index (χ4n) is 1.51. The molecule has 1 aromatic rings. The third kappa shape index (κ3) is 2.98. The molecule has 0 bridgehead atoms. The molecule has 0 aliphatic heterocycles. The Balaban J connectivity index is 3.11. The van der Waals surface area contributed by atoms with Gasteiger partial charge in [-0.3, -0.25) is 4.79 Å². The Bertz CT molecular complexity index is 400. The van der Waals surface area contributed by atoms with Crippen molar-refractivity contribution in [3.05, 3.63) is 21.7 Å². The van der Waals surface area contributed by atoms with Gasteiger partial charge in [-0.15, -0.1) is 0 Å². The van der Waals surface area contributed by atoms with Crippen molar-refractivity contribution in [3.8, 4) is 0 Å². The van der Waals surface area contributed by atoms with Crippen molar-refractivity contribution in [2.75, 3.05) is 11.4 Å². The van der Waals surface area contributed by atoms with Gasteiger partial charge in [-0.2, -0.15) is 0 Å². The number of halogens is 1. The minimum absolute atomic E-state index is 0.164. The van der Waals surface area contributed by atoms with E-state index in [1.165, 1.54) is 6.33 Å². The van der Waals surface area contributed by atoms with Crippen molar-refractivity contribution < 1.29 is 0 Å². The summed E-state index contributed by atoms with van der Waals surface area (Å²) in [6.45, 7) is 9.18. The van der Waals surface area contributed by atoms with E-state index in [9.17, 15) is 4.79 Å². The lowest BCUT2D eigenvalue weighted by atomic mass is 10.2. The molecule has 0 aliphatic carbocycles. The zero-order chi connectivity index (χ0) is 12.3. The number of aromatic nitrogens is 2. The largest absolute Gasteiger partial charge is 0.352 e. The minimum atomic E-state index is -0.291. The molecule has 0 atom stereocenters. The maximum Gasteiger partial charge on any atom is 0.271 e. The summed E-state index contributed by atoms with van der Waals surface area (Å²) in [6, 6.07) is 0.259. The first kappa shape index (κ1) is 13.0. The lowest BCUT2D eigenvalue weighted by molar-refractivity contribution is 0.565. The number of hydrogen-bond donors (Lipinski definition) is 1. The average Bonchev–Trinajstić information content (AvgIpc) is 2.18. The van der Waals surface area contributed by atoms with Crippen LogP contribution in [0.1, 0.15) is 27.7 Å². The van der Waals surface area contributed by atoms with Gasteiger partial charge >= 0.3 is 0 Å². The Morgan fingerprint density at radius 2 is 2.06 bits per heavy atom. The molecule has 0 spiro atoms. The standard InChI is InChI=1S/C11H18ClN3O/c1-7(2)5-15(8(3)4)10-9(12)11(16)14-6-13-10/h6-8H,5H2,1-4H3,(H,13,14,16). The summed E-state index contributed by atoms with van der Waals surface area (Å²) in [6.07, 6.45) is 1.39. The van der Waals surface area contributed by atoms with E-state index in [1.54, 1.807) is 0 Å². The van der Waals surface area contributed by atoms with Gasteiger partial charge in [0.05, 0.1) is 6.33 Å². The van der Waals surface area contributed by atoms with Crippen molar-refractivity contribution in [3.63, 3.8) is 0 Å². The first-order chi connectivity index (χ1) is 7.43. The molecule has 16 heavy (non-hydrogen) atoms. The first-order valence-electron chi connectivity index (χ1n) is 5.43. The Hall–Kier alpha value is -1.03. The van der Waals surface area contributed by atoms with Gasteiger partial charge in [0.15, 0.2) is 5.82 Å². The van der Waals surface area contributed by atoms with Crippen molar-refractivity contribution >= 4 is 17.4 Å². The van der Waals surface area contributed by atoms with Crippen LogP contribution in [0.4, 0.5) is 5.82 Å². The van der Waals surface area contributed by atoms with E-state index in [-0.39, 0.29) is 16.6 Å². The van der Waals surface area contributed by atoms with E-state index in [0.29, 0.717) is 11.7 Å².